The summed E-state index contributed by atoms with van der Waals surface area (Å²) in [6.07, 6.45) is 1.02. The Kier molecular flexibility index (Phi) is 8.23. The van der Waals surface area contributed by atoms with Gasteiger partial charge in [-0.15, -0.1) is 0 Å². The van der Waals surface area contributed by atoms with Gasteiger partial charge < -0.3 is 21.9 Å². The highest BCUT2D eigenvalue weighted by Crippen LogP contribution is 2.25. The third kappa shape index (κ3) is 11.8. The maximum atomic E-state index is 9.97. The van der Waals surface area contributed by atoms with Crippen LogP contribution in [0.5, 0.6) is 0 Å². The molecule has 0 aliphatic rings. The predicted molar refractivity (Wildman–Crippen MR) is 96.7 cm³/mol. The van der Waals surface area contributed by atoms with Gasteiger partial charge in [-0.1, -0.05) is 0 Å². The molecular weight excluding hydrogens is 336 g/mol. The molecular formula is C12H34O5Si4. The van der Waals surface area contributed by atoms with Crippen LogP contribution in [0.1, 0.15) is 6.42 Å². The minimum absolute atomic E-state index is 0.774. The van der Waals surface area contributed by atoms with Crippen LogP contribution in [0.2, 0.25) is 58.4 Å². The second-order valence-corrected chi connectivity index (χ2v) is 22.4. The van der Waals surface area contributed by atoms with Crippen molar-refractivity contribution in [3.8, 4) is 0 Å². The predicted octanol–water partition coefficient (Wildman–Crippen LogP) is 3.38. The molecule has 0 aromatic carbocycles. The smallest absolute Gasteiger partial charge is 0.320 e. The van der Waals surface area contributed by atoms with E-state index in [0.717, 1.165) is 19.1 Å². The van der Waals surface area contributed by atoms with Crippen LogP contribution in [0.4, 0.5) is 0 Å². The fourth-order valence-corrected chi connectivity index (χ4v) is 20.0. The van der Waals surface area contributed by atoms with Crippen molar-refractivity contribution in [2.75, 3.05) is 13.7 Å². The van der Waals surface area contributed by atoms with E-state index in [1.165, 1.54) is 0 Å². The lowest BCUT2D eigenvalue weighted by molar-refractivity contribution is 0.197. The molecule has 0 unspecified atom stereocenters. The Hall–Kier alpha value is 0.668. The summed E-state index contributed by atoms with van der Waals surface area (Å²) in [6.45, 7) is 16.9. The van der Waals surface area contributed by atoms with E-state index in [4.69, 9.17) is 17.1 Å². The lowest BCUT2D eigenvalue weighted by Gasteiger charge is -2.39. The SMILES string of the molecule is COCCC[Si](C)(C)O[Si](C)(C)O[Si](C)(C)O[Si](C)(C)O. The van der Waals surface area contributed by atoms with Gasteiger partial charge in [-0.25, -0.2) is 0 Å². The summed E-state index contributed by atoms with van der Waals surface area (Å²) in [4.78, 5) is 9.97. The highest BCUT2D eigenvalue weighted by molar-refractivity contribution is 6.88. The van der Waals surface area contributed by atoms with Gasteiger partial charge in [-0.3, -0.25) is 0 Å². The summed E-state index contributed by atoms with van der Waals surface area (Å²) in [7, 11) is -7.25. The molecule has 5 nitrogen and oxygen atoms in total. The van der Waals surface area contributed by atoms with Crippen LogP contribution in [0.3, 0.4) is 0 Å². The van der Waals surface area contributed by atoms with Gasteiger partial charge in [0.05, 0.1) is 0 Å². The van der Waals surface area contributed by atoms with Gasteiger partial charge in [0.25, 0.3) is 0 Å². The molecule has 1 N–H and O–H groups in total. The van der Waals surface area contributed by atoms with Crippen molar-refractivity contribution in [1.82, 2.24) is 0 Å². The lowest BCUT2D eigenvalue weighted by Crippen LogP contribution is -2.56. The Bertz CT molecular complexity index is 315. The molecule has 0 amide bonds. The zero-order valence-corrected chi connectivity index (χ0v) is 19.2. The minimum Gasteiger partial charge on any atom is -0.436 e. The first-order chi connectivity index (χ1) is 9.18. The van der Waals surface area contributed by atoms with Crippen LogP contribution >= 0.6 is 0 Å². The molecule has 0 rings (SSSR count). The maximum absolute atomic E-state index is 9.97. The standard InChI is InChI=1S/C12H34O5Si4/c1-14-11-10-12-18(2,3)15-20(6,7)17-21(8,9)16-19(4,5)13/h13H,10-12H2,1-9H3. The van der Waals surface area contributed by atoms with Gasteiger partial charge in [0, 0.05) is 13.7 Å². The van der Waals surface area contributed by atoms with Gasteiger partial charge in [0.15, 0.2) is 8.32 Å². The molecule has 0 fully saturated rings. The molecule has 0 aliphatic heterocycles. The average molecular weight is 371 g/mol. The Morgan fingerprint density at radius 1 is 0.762 bits per heavy atom. The summed E-state index contributed by atoms with van der Waals surface area (Å²) < 4.78 is 23.6. The van der Waals surface area contributed by atoms with Crippen molar-refractivity contribution < 1.29 is 21.9 Å². The zero-order chi connectivity index (χ0) is 16.9. The molecule has 0 heterocycles. The van der Waals surface area contributed by atoms with Crippen molar-refractivity contribution in [3.63, 3.8) is 0 Å². The van der Waals surface area contributed by atoms with Crippen molar-refractivity contribution in [1.29, 1.82) is 0 Å². The second-order valence-electron chi connectivity index (χ2n) is 7.41. The fourth-order valence-electron chi connectivity index (χ4n) is 2.59. The maximum Gasteiger partial charge on any atom is 0.320 e. The van der Waals surface area contributed by atoms with Crippen molar-refractivity contribution in [3.05, 3.63) is 0 Å². The average Bonchev–Trinajstić information content (AvgIpc) is 2.08. The van der Waals surface area contributed by atoms with Crippen molar-refractivity contribution >= 4 is 34.0 Å². The molecule has 0 aromatic rings. The summed E-state index contributed by atoms with van der Waals surface area (Å²) >= 11 is 0. The molecule has 128 valence electrons. The Balaban J connectivity index is 4.60. The number of methoxy groups -OCH3 is 1. The topological polar surface area (TPSA) is 57.2 Å². The number of hydrogen-bond acceptors (Lipinski definition) is 5. The summed E-state index contributed by atoms with van der Waals surface area (Å²) in [5.41, 5.74) is 0. The molecule has 0 saturated carbocycles. The summed E-state index contributed by atoms with van der Waals surface area (Å²) in [6, 6.07) is 1.06. The Morgan fingerprint density at radius 3 is 1.67 bits per heavy atom. The molecule has 0 atom stereocenters. The van der Waals surface area contributed by atoms with E-state index in [1.54, 1.807) is 20.2 Å². The van der Waals surface area contributed by atoms with Crippen LogP contribution in [0.25, 0.3) is 0 Å². The largest absolute Gasteiger partial charge is 0.436 e. The molecule has 21 heavy (non-hydrogen) atoms. The number of hydrogen-bond donors (Lipinski definition) is 1. The van der Waals surface area contributed by atoms with Gasteiger partial charge in [-0.05, 0) is 64.8 Å². The van der Waals surface area contributed by atoms with Gasteiger partial charge in [0.2, 0.25) is 0 Å². The fraction of sp³-hybridized carbons (Fsp3) is 1.00. The van der Waals surface area contributed by atoms with E-state index < -0.39 is 34.0 Å². The molecule has 0 bridgehead atoms. The normalized spacial score (nSPS) is 14.6. The van der Waals surface area contributed by atoms with Crippen LogP contribution in [0.15, 0.2) is 0 Å². The Labute approximate surface area is 134 Å². The van der Waals surface area contributed by atoms with Gasteiger partial charge >= 0.3 is 25.7 Å². The van der Waals surface area contributed by atoms with E-state index in [1.807, 2.05) is 13.1 Å². The highest BCUT2D eigenvalue weighted by Gasteiger charge is 2.43. The van der Waals surface area contributed by atoms with Crippen LogP contribution in [0, 0.1) is 0 Å². The third-order valence-corrected chi connectivity index (χ3v) is 16.3. The molecule has 0 aliphatic carbocycles. The zero-order valence-electron chi connectivity index (χ0n) is 15.2. The van der Waals surface area contributed by atoms with Gasteiger partial charge in [-0.2, -0.15) is 0 Å². The first kappa shape index (κ1) is 21.7. The molecule has 9 heteroatoms. The number of rotatable bonds is 10. The van der Waals surface area contributed by atoms with Crippen LogP contribution < -0.4 is 0 Å². The number of ether oxygens (including phenoxy) is 1. The third-order valence-electron chi connectivity index (χ3n) is 2.64. The summed E-state index contributed by atoms with van der Waals surface area (Å²) in [5, 5.41) is 0. The lowest BCUT2D eigenvalue weighted by atomic mass is 10.5. The first-order valence-electron chi connectivity index (χ1n) is 7.50. The van der Waals surface area contributed by atoms with E-state index in [0.29, 0.717) is 0 Å². The van der Waals surface area contributed by atoms with E-state index >= 15 is 0 Å². The van der Waals surface area contributed by atoms with E-state index in [-0.39, 0.29) is 0 Å². The highest BCUT2D eigenvalue weighted by atomic mass is 28.5. The van der Waals surface area contributed by atoms with Crippen LogP contribution in [-0.4, -0.2) is 52.5 Å². The Morgan fingerprint density at radius 2 is 1.24 bits per heavy atom. The second kappa shape index (κ2) is 7.97. The monoisotopic (exact) mass is 370 g/mol. The molecule has 0 spiro atoms. The summed E-state index contributed by atoms with van der Waals surface area (Å²) in [5.74, 6) is 0. The molecule has 0 aromatic heterocycles. The van der Waals surface area contributed by atoms with Crippen molar-refractivity contribution in [2.45, 2.75) is 64.8 Å². The molecule has 0 radical (unpaired) electrons. The minimum atomic E-state index is -2.58. The quantitative estimate of drug-likeness (QED) is 0.472. The van der Waals surface area contributed by atoms with Gasteiger partial charge in [0.1, 0.15) is 0 Å². The van der Waals surface area contributed by atoms with Crippen LogP contribution in [-0.2, 0) is 17.1 Å². The van der Waals surface area contributed by atoms with Crippen molar-refractivity contribution in [2.24, 2.45) is 0 Å². The van der Waals surface area contributed by atoms with E-state index in [9.17, 15) is 4.80 Å². The van der Waals surface area contributed by atoms with E-state index in [2.05, 4.69) is 26.2 Å². The molecule has 0 saturated heterocycles. The first-order valence-corrected chi connectivity index (χ1v) is 19.1.